The van der Waals surface area contributed by atoms with E-state index in [2.05, 4.69) is 55.3 Å². The number of piperazine rings is 1. The molecule has 29 heavy (non-hydrogen) atoms. The SMILES string of the molecule is CN1CCN(Cc2ccccn2)CC1c1nnn2cc(-c3ccncc3)ccc12. The first kappa shape index (κ1) is 17.9. The van der Waals surface area contributed by atoms with Crippen LogP contribution in [-0.2, 0) is 6.54 Å². The second-order valence-corrected chi connectivity index (χ2v) is 7.51. The number of pyridine rings is 3. The van der Waals surface area contributed by atoms with Gasteiger partial charge < -0.3 is 0 Å². The fraction of sp³-hybridized carbons (Fsp3) is 0.273. The number of fused-ring (bicyclic) bond motifs is 1. The van der Waals surface area contributed by atoms with Crippen molar-refractivity contribution in [3.63, 3.8) is 0 Å². The summed E-state index contributed by atoms with van der Waals surface area (Å²) in [6, 6.07) is 14.6. The lowest BCUT2D eigenvalue weighted by Crippen LogP contribution is -2.46. The summed E-state index contributed by atoms with van der Waals surface area (Å²) in [5, 5.41) is 8.98. The van der Waals surface area contributed by atoms with E-state index in [9.17, 15) is 0 Å². The molecule has 0 radical (unpaired) electrons. The van der Waals surface area contributed by atoms with Gasteiger partial charge in [-0.25, -0.2) is 4.52 Å². The van der Waals surface area contributed by atoms with Gasteiger partial charge in [-0.15, -0.1) is 5.10 Å². The van der Waals surface area contributed by atoms with Crippen molar-refractivity contribution >= 4 is 5.52 Å². The second kappa shape index (κ2) is 7.69. The maximum atomic E-state index is 4.56. The van der Waals surface area contributed by atoms with Gasteiger partial charge in [0.15, 0.2) is 0 Å². The molecule has 0 aromatic carbocycles. The zero-order chi connectivity index (χ0) is 19.6. The number of hydrogen-bond donors (Lipinski definition) is 0. The van der Waals surface area contributed by atoms with Crippen LogP contribution in [0.25, 0.3) is 16.6 Å². The van der Waals surface area contributed by atoms with Gasteiger partial charge in [0.25, 0.3) is 0 Å². The van der Waals surface area contributed by atoms with Crippen LogP contribution < -0.4 is 0 Å². The maximum absolute atomic E-state index is 4.56. The van der Waals surface area contributed by atoms with Crippen LogP contribution in [0.3, 0.4) is 0 Å². The van der Waals surface area contributed by atoms with E-state index in [1.54, 1.807) is 12.4 Å². The summed E-state index contributed by atoms with van der Waals surface area (Å²) in [6.45, 7) is 3.78. The number of aromatic nitrogens is 5. The Morgan fingerprint density at radius 3 is 2.69 bits per heavy atom. The molecule has 5 heterocycles. The fourth-order valence-corrected chi connectivity index (χ4v) is 3.96. The average Bonchev–Trinajstić information content (AvgIpc) is 3.19. The molecule has 1 aliphatic heterocycles. The highest BCUT2D eigenvalue weighted by atomic mass is 15.4. The number of rotatable bonds is 4. The van der Waals surface area contributed by atoms with E-state index in [0.717, 1.165) is 54.2 Å². The van der Waals surface area contributed by atoms with Gasteiger partial charge in [-0.3, -0.25) is 19.8 Å². The smallest absolute Gasteiger partial charge is 0.109 e. The minimum absolute atomic E-state index is 0.205. The average molecular weight is 385 g/mol. The van der Waals surface area contributed by atoms with E-state index in [-0.39, 0.29) is 6.04 Å². The molecule has 4 aromatic rings. The molecule has 1 saturated heterocycles. The van der Waals surface area contributed by atoms with Crippen LogP contribution in [0, 0.1) is 0 Å². The van der Waals surface area contributed by atoms with Crippen LogP contribution in [0.1, 0.15) is 17.4 Å². The lowest BCUT2D eigenvalue weighted by Gasteiger charge is -2.38. The van der Waals surface area contributed by atoms with Crippen LogP contribution in [0.4, 0.5) is 0 Å². The Morgan fingerprint density at radius 1 is 0.966 bits per heavy atom. The fourth-order valence-electron chi connectivity index (χ4n) is 3.96. The lowest BCUT2D eigenvalue weighted by atomic mass is 10.1. The van der Waals surface area contributed by atoms with Crippen LogP contribution in [0.2, 0.25) is 0 Å². The van der Waals surface area contributed by atoms with E-state index in [1.165, 1.54) is 0 Å². The molecule has 7 nitrogen and oxygen atoms in total. The van der Waals surface area contributed by atoms with Gasteiger partial charge in [0, 0.05) is 56.5 Å². The first-order valence-corrected chi connectivity index (χ1v) is 9.86. The molecule has 1 unspecified atom stereocenters. The molecule has 1 aliphatic rings. The van der Waals surface area contributed by atoms with Gasteiger partial charge >= 0.3 is 0 Å². The summed E-state index contributed by atoms with van der Waals surface area (Å²) in [7, 11) is 2.17. The van der Waals surface area contributed by atoms with Crippen molar-refractivity contribution in [3.8, 4) is 11.1 Å². The lowest BCUT2D eigenvalue weighted by molar-refractivity contribution is 0.0881. The predicted octanol–water partition coefficient (Wildman–Crippen LogP) is 2.68. The maximum Gasteiger partial charge on any atom is 0.109 e. The molecule has 7 heteroatoms. The monoisotopic (exact) mass is 385 g/mol. The molecule has 0 N–H and O–H groups in total. The van der Waals surface area contributed by atoms with Gasteiger partial charge in [0.2, 0.25) is 0 Å². The third-order valence-corrected chi connectivity index (χ3v) is 5.61. The summed E-state index contributed by atoms with van der Waals surface area (Å²) in [4.78, 5) is 13.4. The molecule has 1 fully saturated rings. The van der Waals surface area contributed by atoms with Gasteiger partial charge in [0.1, 0.15) is 5.69 Å². The van der Waals surface area contributed by atoms with Crippen LogP contribution in [0.5, 0.6) is 0 Å². The Bertz CT molecular complexity index is 1090. The summed E-state index contributed by atoms with van der Waals surface area (Å²) in [5.41, 5.74) is 5.41. The molecular formula is C22H23N7. The Balaban J connectivity index is 1.41. The van der Waals surface area contributed by atoms with Crippen molar-refractivity contribution in [1.82, 2.24) is 34.6 Å². The Hall–Kier alpha value is -3.16. The summed E-state index contributed by atoms with van der Waals surface area (Å²) in [5.74, 6) is 0. The van der Waals surface area contributed by atoms with E-state index in [0.29, 0.717) is 0 Å². The molecule has 0 aliphatic carbocycles. The highest BCUT2D eigenvalue weighted by Crippen LogP contribution is 2.28. The first-order chi connectivity index (χ1) is 14.3. The minimum atomic E-state index is 0.205. The van der Waals surface area contributed by atoms with Gasteiger partial charge in [-0.05, 0) is 42.9 Å². The zero-order valence-electron chi connectivity index (χ0n) is 16.4. The van der Waals surface area contributed by atoms with Crippen molar-refractivity contribution in [2.24, 2.45) is 0 Å². The first-order valence-electron chi connectivity index (χ1n) is 9.86. The number of likely N-dealkylation sites (N-methyl/N-ethyl adjacent to an activating group) is 1. The van der Waals surface area contributed by atoms with Crippen LogP contribution >= 0.6 is 0 Å². The Kier molecular flexibility index (Phi) is 4.75. The van der Waals surface area contributed by atoms with Crippen molar-refractivity contribution in [2.75, 3.05) is 26.7 Å². The third kappa shape index (κ3) is 3.62. The molecule has 5 rings (SSSR count). The molecule has 0 bridgehead atoms. The molecule has 0 spiro atoms. The van der Waals surface area contributed by atoms with E-state index in [4.69, 9.17) is 0 Å². The Labute approximate surface area is 169 Å². The van der Waals surface area contributed by atoms with Gasteiger partial charge in [-0.1, -0.05) is 17.3 Å². The number of hydrogen-bond acceptors (Lipinski definition) is 6. The quantitative estimate of drug-likeness (QED) is 0.538. The molecule has 1 atom stereocenters. The van der Waals surface area contributed by atoms with Crippen molar-refractivity contribution in [2.45, 2.75) is 12.6 Å². The van der Waals surface area contributed by atoms with Crippen LogP contribution in [-0.4, -0.2) is 61.3 Å². The molecule has 4 aromatic heterocycles. The van der Waals surface area contributed by atoms with Crippen molar-refractivity contribution in [1.29, 1.82) is 0 Å². The number of nitrogens with zero attached hydrogens (tertiary/aromatic N) is 7. The van der Waals surface area contributed by atoms with Crippen molar-refractivity contribution in [3.05, 3.63) is 78.6 Å². The van der Waals surface area contributed by atoms with E-state index < -0.39 is 0 Å². The standard InChI is InChI=1S/C22H23N7/c1-27-12-13-28(15-19-4-2-3-9-24-19)16-21(27)22-20-6-5-18(14-29(20)26-25-22)17-7-10-23-11-8-17/h2-11,14,21H,12-13,15-16H2,1H3. The van der Waals surface area contributed by atoms with E-state index >= 15 is 0 Å². The topological polar surface area (TPSA) is 62.5 Å². The predicted molar refractivity (Wildman–Crippen MR) is 111 cm³/mol. The summed E-state index contributed by atoms with van der Waals surface area (Å²) >= 11 is 0. The zero-order valence-corrected chi connectivity index (χ0v) is 16.4. The largest absolute Gasteiger partial charge is 0.295 e. The molecule has 0 amide bonds. The Morgan fingerprint density at radius 2 is 1.86 bits per heavy atom. The highest BCUT2D eigenvalue weighted by molar-refractivity contribution is 5.65. The molecule has 146 valence electrons. The molecule has 0 saturated carbocycles. The molecular weight excluding hydrogens is 362 g/mol. The summed E-state index contributed by atoms with van der Waals surface area (Å²) in [6.07, 6.45) is 7.50. The van der Waals surface area contributed by atoms with Gasteiger partial charge in [-0.2, -0.15) is 0 Å². The second-order valence-electron chi connectivity index (χ2n) is 7.51. The third-order valence-electron chi connectivity index (χ3n) is 5.61. The normalized spacial score (nSPS) is 18.3. The highest BCUT2D eigenvalue weighted by Gasteiger charge is 2.29. The van der Waals surface area contributed by atoms with Crippen molar-refractivity contribution < 1.29 is 0 Å². The van der Waals surface area contributed by atoms with Gasteiger partial charge in [0.05, 0.1) is 17.3 Å². The van der Waals surface area contributed by atoms with Crippen LogP contribution in [0.15, 0.2) is 67.3 Å². The van der Waals surface area contributed by atoms with E-state index in [1.807, 2.05) is 41.2 Å². The minimum Gasteiger partial charge on any atom is -0.295 e. The summed E-state index contributed by atoms with van der Waals surface area (Å²) < 4.78 is 1.89.